The Morgan fingerprint density at radius 2 is 1.48 bits per heavy atom. The van der Waals surface area contributed by atoms with Gasteiger partial charge in [0.25, 0.3) is 0 Å². The van der Waals surface area contributed by atoms with Gasteiger partial charge in [-0.05, 0) is 107 Å². The first-order valence-electron chi connectivity index (χ1n) is 25.9. The SMILES string of the molecule is C=CCc1c(/C=C\C)c2cc(N(c3ccc(C(C)(C)C)cc3)c3cc4c(c5oc6c(c35)CC=CC=C6)-c3c(ccc5c3oc3ccccc35)C43c4ccccc4C4(C)C=CC=CC43)ccc2n1-c1ccccc1. The van der Waals surface area contributed by atoms with Crippen molar-refractivity contribution in [2.24, 2.45) is 5.92 Å². The van der Waals surface area contributed by atoms with E-state index in [0.29, 0.717) is 0 Å². The molecule has 0 N–H and O–H groups in total. The van der Waals surface area contributed by atoms with Crippen LogP contribution in [0.25, 0.3) is 72.8 Å². The average molecular weight is 945 g/mol. The Hall–Kier alpha value is -8.34. The topological polar surface area (TPSA) is 34.5 Å². The summed E-state index contributed by atoms with van der Waals surface area (Å²) in [5, 5.41) is 4.52. The largest absolute Gasteiger partial charge is 0.456 e. The van der Waals surface area contributed by atoms with Crippen LogP contribution in [0.4, 0.5) is 17.1 Å². The molecule has 73 heavy (non-hydrogen) atoms. The molecule has 0 saturated heterocycles. The first-order chi connectivity index (χ1) is 35.6. The van der Waals surface area contributed by atoms with Gasteiger partial charge in [0.2, 0.25) is 0 Å². The highest BCUT2D eigenvalue weighted by atomic mass is 16.3. The van der Waals surface area contributed by atoms with E-state index in [9.17, 15) is 0 Å². The molecule has 4 heteroatoms. The van der Waals surface area contributed by atoms with Crippen molar-refractivity contribution < 1.29 is 8.83 Å². The highest BCUT2D eigenvalue weighted by Gasteiger charge is 2.62. The molecule has 0 aliphatic heterocycles. The van der Waals surface area contributed by atoms with Crippen LogP contribution in [0.1, 0.15) is 85.0 Å². The van der Waals surface area contributed by atoms with Gasteiger partial charge in [0.15, 0.2) is 0 Å². The highest BCUT2D eigenvalue weighted by Crippen LogP contribution is 2.70. The van der Waals surface area contributed by atoms with Crippen LogP contribution in [-0.4, -0.2) is 4.57 Å². The summed E-state index contributed by atoms with van der Waals surface area (Å²) in [6, 6.07) is 52.1. The minimum atomic E-state index is -0.607. The first kappa shape index (κ1) is 43.4. The molecule has 14 rings (SSSR count). The highest BCUT2D eigenvalue weighted by molar-refractivity contribution is 6.18. The van der Waals surface area contributed by atoms with Gasteiger partial charge in [-0.2, -0.15) is 0 Å². The standard InChI is InChI=1S/C69H56N2O2/c1-7-21-47-51-41-46(36-39-57(51)71(56(47)22-8-2)44-23-11-9-12-24-44)70(45-34-32-43(33-35-45)67(3,4)5)58-42-55-64(66-62(58)50-26-13-10-14-29-60(50)73-66)63-54(38-37-49-48-25-15-18-30-59(48)72-65(49)63)69(55)53-28-17-16-27-52(53)68(6)40-20-19-31-61(68)69/h7-21,23-25,27-42,61H,2,22,26H2,1,3-6H3/b21-7-. The van der Waals surface area contributed by atoms with Gasteiger partial charge < -0.3 is 18.3 Å². The van der Waals surface area contributed by atoms with Crippen molar-refractivity contribution >= 4 is 73.0 Å². The van der Waals surface area contributed by atoms with E-state index in [1.807, 2.05) is 6.08 Å². The van der Waals surface area contributed by atoms with Crippen LogP contribution in [0.5, 0.6) is 0 Å². The van der Waals surface area contributed by atoms with E-state index in [2.05, 4.69) is 251 Å². The lowest BCUT2D eigenvalue weighted by Gasteiger charge is -2.40. The molecule has 10 aromatic rings. The minimum Gasteiger partial charge on any atom is -0.456 e. The molecule has 0 radical (unpaired) electrons. The third kappa shape index (κ3) is 5.95. The lowest BCUT2D eigenvalue weighted by atomic mass is 9.61. The number of nitrogens with zero attached hydrogens (tertiary/aromatic N) is 2. The molecule has 4 nitrogen and oxygen atoms in total. The number of aromatic nitrogens is 1. The third-order valence-corrected chi connectivity index (χ3v) is 16.7. The lowest BCUT2D eigenvalue weighted by molar-refractivity contribution is 0.372. The average Bonchev–Trinajstić information content (AvgIpc) is 4.17. The number of furan rings is 2. The van der Waals surface area contributed by atoms with Crippen molar-refractivity contribution in [2.75, 3.05) is 4.90 Å². The Kier molecular flexibility index (Phi) is 9.42. The molecule has 0 amide bonds. The summed E-state index contributed by atoms with van der Waals surface area (Å²) in [4.78, 5) is 2.53. The van der Waals surface area contributed by atoms with Gasteiger partial charge in [0.05, 0.1) is 16.6 Å². The van der Waals surface area contributed by atoms with Crippen LogP contribution in [0.3, 0.4) is 0 Å². The molecular weight excluding hydrogens is 889 g/mol. The van der Waals surface area contributed by atoms with E-state index in [-0.39, 0.29) is 16.7 Å². The Bertz CT molecular complexity index is 4120. The Morgan fingerprint density at radius 3 is 2.29 bits per heavy atom. The van der Waals surface area contributed by atoms with Crippen LogP contribution in [-0.2, 0) is 29.1 Å². The van der Waals surface area contributed by atoms with Gasteiger partial charge in [-0.1, -0.05) is 173 Å². The summed E-state index contributed by atoms with van der Waals surface area (Å²) in [6.45, 7) is 15.7. The van der Waals surface area contributed by atoms with E-state index in [1.54, 1.807) is 0 Å². The van der Waals surface area contributed by atoms with Gasteiger partial charge >= 0.3 is 0 Å². The number of hydrogen-bond donors (Lipinski definition) is 0. The fourth-order valence-corrected chi connectivity index (χ4v) is 13.6. The third-order valence-electron chi connectivity index (χ3n) is 16.7. The number of fused-ring (bicyclic) bond motifs is 19. The number of allylic oxidation sites excluding steroid dienone is 9. The van der Waals surface area contributed by atoms with E-state index >= 15 is 0 Å². The van der Waals surface area contributed by atoms with E-state index in [1.165, 1.54) is 50.0 Å². The second kappa shape index (κ2) is 15.8. The molecule has 354 valence electrons. The maximum Gasteiger partial charge on any atom is 0.145 e. The maximum absolute atomic E-state index is 7.54. The van der Waals surface area contributed by atoms with Gasteiger partial charge in [0, 0.05) is 84.3 Å². The summed E-state index contributed by atoms with van der Waals surface area (Å²) in [6.07, 6.45) is 26.0. The van der Waals surface area contributed by atoms with Gasteiger partial charge in [-0.25, -0.2) is 0 Å². The first-order valence-corrected chi connectivity index (χ1v) is 25.9. The molecule has 0 saturated carbocycles. The van der Waals surface area contributed by atoms with Gasteiger partial charge in [0.1, 0.15) is 22.5 Å². The van der Waals surface area contributed by atoms with Crippen molar-refractivity contribution in [3.8, 4) is 16.8 Å². The van der Waals surface area contributed by atoms with E-state index in [0.717, 1.165) is 90.9 Å². The van der Waals surface area contributed by atoms with Crippen LogP contribution in [0, 0.1) is 5.92 Å². The second-order valence-electron chi connectivity index (χ2n) is 21.6. The zero-order chi connectivity index (χ0) is 49.4. The number of anilines is 3. The molecule has 3 heterocycles. The summed E-state index contributed by atoms with van der Waals surface area (Å²) >= 11 is 0. The molecule has 3 atom stereocenters. The van der Waals surface area contributed by atoms with Crippen LogP contribution < -0.4 is 4.90 Å². The smallest absolute Gasteiger partial charge is 0.145 e. The lowest BCUT2D eigenvalue weighted by Crippen LogP contribution is -2.39. The Balaban J connectivity index is 1.15. The molecule has 4 aliphatic rings. The molecule has 4 aliphatic carbocycles. The fraction of sp³-hybridized carbons (Fsp3) is 0.159. The van der Waals surface area contributed by atoms with Crippen molar-refractivity contribution in [2.45, 2.75) is 63.7 Å². The predicted molar refractivity (Wildman–Crippen MR) is 305 cm³/mol. The van der Waals surface area contributed by atoms with Gasteiger partial charge in [-0.15, -0.1) is 6.58 Å². The molecule has 0 bridgehead atoms. The van der Waals surface area contributed by atoms with Crippen molar-refractivity contribution in [1.82, 2.24) is 4.57 Å². The van der Waals surface area contributed by atoms with E-state index in [4.69, 9.17) is 8.83 Å². The summed E-state index contributed by atoms with van der Waals surface area (Å²) in [5.41, 5.74) is 19.5. The quantitative estimate of drug-likeness (QED) is 0.149. The normalized spacial score (nSPS) is 19.3. The molecule has 1 spiro atoms. The summed E-state index contributed by atoms with van der Waals surface area (Å²) in [7, 11) is 0. The minimum absolute atomic E-state index is 0.0302. The summed E-state index contributed by atoms with van der Waals surface area (Å²) in [5.74, 6) is 0.930. The van der Waals surface area contributed by atoms with Crippen LogP contribution in [0.2, 0.25) is 0 Å². The zero-order valence-electron chi connectivity index (χ0n) is 42.0. The Labute approximate surface area is 426 Å². The monoisotopic (exact) mass is 944 g/mol. The molecule has 0 fully saturated rings. The molecular formula is C69H56N2O2. The van der Waals surface area contributed by atoms with Gasteiger partial charge in [-0.3, -0.25) is 0 Å². The van der Waals surface area contributed by atoms with E-state index < -0.39 is 5.41 Å². The second-order valence-corrected chi connectivity index (χ2v) is 21.6. The van der Waals surface area contributed by atoms with Crippen LogP contribution in [0.15, 0.2) is 210 Å². The van der Waals surface area contributed by atoms with Crippen molar-refractivity contribution in [3.63, 3.8) is 0 Å². The zero-order valence-corrected chi connectivity index (χ0v) is 42.0. The summed E-state index contributed by atoms with van der Waals surface area (Å²) < 4.78 is 17.1. The number of para-hydroxylation sites is 2. The van der Waals surface area contributed by atoms with Crippen LogP contribution >= 0.6 is 0 Å². The predicted octanol–water partition coefficient (Wildman–Crippen LogP) is 18.3. The number of rotatable bonds is 7. The number of hydrogen-bond acceptors (Lipinski definition) is 3. The Morgan fingerprint density at radius 1 is 0.712 bits per heavy atom. The fourth-order valence-electron chi connectivity index (χ4n) is 13.6. The number of benzene rings is 7. The van der Waals surface area contributed by atoms with Crippen molar-refractivity contribution in [1.29, 1.82) is 0 Å². The molecule has 3 unspecified atom stereocenters. The maximum atomic E-state index is 7.54. The van der Waals surface area contributed by atoms with Crippen molar-refractivity contribution in [3.05, 3.63) is 251 Å². The molecule has 3 aromatic heterocycles. The molecule has 7 aromatic carbocycles.